The van der Waals surface area contributed by atoms with Crippen molar-refractivity contribution < 1.29 is 14.3 Å². The van der Waals surface area contributed by atoms with Crippen molar-refractivity contribution in [3.63, 3.8) is 0 Å². The molecule has 1 rings (SSSR count). The van der Waals surface area contributed by atoms with E-state index in [0.29, 0.717) is 26.1 Å². The quantitative estimate of drug-likeness (QED) is 0.702. The normalized spacial score (nSPS) is 20.6. The Labute approximate surface area is 121 Å². The summed E-state index contributed by atoms with van der Waals surface area (Å²) >= 11 is 0. The molecule has 1 saturated heterocycles. The number of nitrogens with two attached hydrogens (primary N) is 1. The van der Waals surface area contributed by atoms with E-state index in [1.807, 2.05) is 6.92 Å². The van der Waals surface area contributed by atoms with Gasteiger partial charge in [-0.05, 0) is 12.8 Å². The number of morpholine rings is 1. The lowest BCUT2D eigenvalue weighted by molar-refractivity contribution is -0.149. The molecule has 6 heteroatoms. The molecule has 6 nitrogen and oxygen atoms in total. The average Bonchev–Trinajstić information content (AvgIpc) is 2.49. The molecule has 0 saturated carbocycles. The van der Waals surface area contributed by atoms with E-state index in [4.69, 9.17) is 10.5 Å². The highest BCUT2D eigenvalue weighted by Crippen LogP contribution is 2.11. The van der Waals surface area contributed by atoms with Gasteiger partial charge in [0.2, 0.25) is 11.8 Å². The number of ether oxygens (including phenoxy) is 1. The Kier molecular flexibility index (Phi) is 7.54. The Morgan fingerprint density at radius 1 is 1.40 bits per heavy atom. The Hall–Kier alpha value is -1.14. The second-order valence-electron chi connectivity index (χ2n) is 5.16. The predicted molar refractivity (Wildman–Crippen MR) is 77.1 cm³/mol. The van der Waals surface area contributed by atoms with Gasteiger partial charge in [0.25, 0.3) is 0 Å². The van der Waals surface area contributed by atoms with Crippen LogP contribution in [-0.2, 0) is 14.3 Å². The monoisotopic (exact) mass is 285 g/mol. The molecule has 1 heterocycles. The second kappa shape index (κ2) is 8.92. The van der Waals surface area contributed by atoms with Crippen LogP contribution in [0.15, 0.2) is 0 Å². The van der Waals surface area contributed by atoms with Crippen molar-refractivity contribution in [1.82, 2.24) is 10.2 Å². The van der Waals surface area contributed by atoms with E-state index in [-0.39, 0.29) is 18.4 Å². The molecule has 1 aliphatic rings. The number of carbonyl (C=O) groups is 2. The molecular weight excluding hydrogens is 258 g/mol. The fourth-order valence-electron chi connectivity index (χ4n) is 2.21. The number of carbonyl (C=O) groups excluding carboxylic acids is 2. The zero-order valence-electron chi connectivity index (χ0n) is 12.6. The minimum absolute atomic E-state index is 0.140. The molecule has 0 aromatic rings. The summed E-state index contributed by atoms with van der Waals surface area (Å²) in [6.07, 6.45) is 3.45. The third-order valence-corrected chi connectivity index (χ3v) is 3.45. The van der Waals surface area contributed by atoms with Gasteiger partial charge in [0.1, 0.15) is 6.04 Å². The molecule has 0 aromatic heterocycles. The minimum atomic E-state index is -0.546. The molecule has 116 valence electrons. The van der Waals surface area contributed by atoms with E-state index in [9.17, 15) is 9.59 Å². The summed E-state index contributed by atoms with van der Waals surface area (Å²) in [5, 5.41) is 2.82. The summed E-state index contributed by atoms with van der Waals surface area (Å²) in [6, 6.07) is -1.06. The van der Waals surface area contributed by atoms with Crippen molar-refractivity contribution in [2.75, 3.05) is 26.3 Å². The third kappa shape index (κ3) is 4.76. The molecule has 0 bridgehead atoms. The van der Waals surface area contributed by atoms with Crippen molar-refractivity contribution in [2.45, 2.75) is 51.6 Å². The molecule has 0 radical (unpaired) electrons. The van der Waals surface area contributed by atoms with E-state index in [2.05, 4.69) is 12.2 Å². The van der Waals surface area contributed by atoms with Crippen LogP contribution in [0, 0.1) is 0 Å². The molecule has 0 aliphatic carbocycles. The van der Waals surface area contributed by atoms with Crippen LogP contribution in [-0.4, -0.2) is 55.1 Å². The Bertz CT molecular complexity index is 323. The largest absolute Gasteiger partial charge is 0.377 e. The topological polar surface area (TPSA) is 84.7 Å². The van der Waals surface area contributed by atoms with Crippen LogP contribution in [0.5, 0.6) is 0 Å². The van der Waals surface area contributed by atoms with Gasteiger partial charge in [-0.1, -0.05) is 26.7 Å². The Morgan fingerprint density at radius 2 is 2.15 bits per heavy atom. The van der Waals surface area contributed by atoms with Crippen LogP contribution in [0.2, 0.25) is 0 Å². The highest BCUT2D eigenvalue weighted by molar-refractivity contribution is 5.90. The zero-order chi connectivity index (χ0) is 15.0. The molecule has 0 aromatic carbocycles. The minimum Gasteiger partial charge on any atom is -0.377 e. The summed E-state index contributed by atoms with van der Waals surface area (Å²) in [6.45, 7) is 5.81. The maximum absolute atomic E-state index is 12.4. The molecular formula is C14H27N3O3. The SMILES string of the molecule is CCCCC(N)C(=O)N1CCOCC1C(=O)NCCC. The Morgan fingerprint density at radius 3 is 2.80 bits per heavy atom. The van der Waals surface area contributed by atoms with Crippen molar-refractivity contribution in [2.24, 2.45) is 5.73 Å². The number of unbranched alkanes of at least 4 members (excludes halogenated alkanes) is 1. The molecule has 20 heavy (non-hydrogen) atoms. The number of hydrogen-bond donors (Lipinski definition) is 2. The van der Waals surface area contributed by atoms with E-state index < -0.39 is 12.1 Å². The first kappa shape index (κ1) is 16.9. The maximum atomic E-state index is 12.4. The summed E-state index contributed by atoms with van der Waals surface area (Å²) < 4.78 is 5.33. The predicted octanol–water partition coefficient (Wildman–Crippen LogP) is 0.258. The first-order valence-electron chi connectivity index (χ1n) is 7.53. The van der Waals surface area contributed by atoms with E-state index in [0.717, 1.165) is 19.3 Å². The number of nitrogens with one attached hydrogen (secondary N) is 1. The zero-order valence-corrected chi connectivity index (χ0v) is 12.6. The Balaban J connectivity index is 2.62. The molecule has 2 amide bonds. The number of nitrogens with zero attached hydrogens (tertiary/aromatic N) is 1. The highest BCUT2D eigenvalue weighted by atomic mass is 16.5. The number of amides is 2. The van der Waals surface area contributed by atoms with Crippen LogP contribution in [0.4, 0.5) is 0 Å². The standard InChI is InChI=1S/C14H27N3O3/c1-3-5-6-11(15)14(19)17-8-9-20-10-12(17)13(18)16-7-4-2/h11-12H,3-10,15H2,1-2H3,(H,16,18). The molecule has 0 spiro atoms. The lowest BCUT2D eigenvalue weighted by atomic mass is 10.1. The molecule has 2 atom stereocenters. The molecule has 1 fully saturated rings. The number of hydrogen-bond acceptors (Lipinski definition) is 4. The van der Waals surface area contributed by atoms with E-state index in [1.165, 1.54) is 0 Å². The van der Waals surface area contributed by atoms with E-state index in [1.54, 1.807) is 4.90 Å². The van der Waals surface area contributed by atoms with Gasteiger partial charge in [0, 0.05) is 13.1 Å². The smallest absolute Gasteiger partial charge is 0.245 e. The van der Waals surface area contributed by atoms with Crippen molar-refractivity contribution >= 4 is 11.8 Å². The van der Waals surface area contributed by atoms with Gasteiger partial charge in [0.15, 0.2) is 0 Å². The first-order chi connectivity index (χ1) is 9.61. The van der Waals surface area contributed by atoms with Gasteiger partial charge in [-0.15, -0.1) is 0 Å². The van der Waals surface area contributed by atoms with Gasteiger partial charge >= 0.3 is 0 Å². The van der Waals surface area contributed by atoms with Crippen LogP contribution in [0.3, 0.4) is 0 Å². The highest BCUT2D eigenvalue weighted by Gasteiger charge is 2.34. The van der Waals surface area contributed by atoms with Gasteiger partial charge in [-0.2, -0.15) is 0 Å². The van der Waals surface area contributed by atoms with Gasteiger partial charge in [-0.3, -0.25) is 9.59 Å². The summed E-state index contributed by atoms with van der Waals surface area (Å²) in [4.78, 5) is 26.0. The first-order valence-corrected chi connectivity index (χ1v) is 7.53. The summed E-state index contributed by atoms with van der Waals surface area (Å²) in [5.41, 5.74) is 5.93. The average molecular weight is 285 g/mol. The van der Waals surface area contributed by atoms with Gasteiger partial charge in [-0.25, -0.2) is 0 Å². The summed E-state index contributed by atoms with van der Waals surface area (Å²) in [5.74, 6) is -0.291. The summed E-state index contributed by atoms with van der Waals surface area (Å²) in [7, 11) is 0. The maximum Gasteiger partial charge on any atom is 0.245 e. The van der Waals surface area contributed by atoms with Gasteiger partial charge in [0.05, 0.1) is 19.3 Å². The van der Waals surface area contributed by atoms with Crippen molar-refractivity contribution in [3.05, 3.63) is 0 Å². The lowest BCUT2D eigenvalue weighted by Crippen LogP contribution is -2.59. The second-order valence-corrected chi connectivity index (χ2v) is 5.16. The van der Waals surface area contributed by atoms with Crippen molar-refractivity contribution in [3.8, 4) is 0 Å². The van der Waals surface area contributed by atoms with Crippen LogP contribution < -0.4 is 11.1 Å². The van der Waals surface area contributed by atoms with Crippen LogP contribution in [0.25, 0.3) is 0 Å². The van der Waals surface area contributed by atoms with Gasteiger partial charge < -0.3 is 20.7 Å². The fourth-order valence-corrected chi connectivity index (χ4v) is 2.21. The molecule has 2 unspecified atom stereocenters. The van der Waals surface area contributed by atoms with E-state index >= 15 is 0 Å². The molecule has 3 N–H and O–H groups in total. The third-order valence-electron chi connectivity index (χ3n) is 3.45. The lowest BCUT2D eigenvalue weighted by Gasteiger charge is -2.36. The number of rotatable bonds is 7. The molecule has 1 aliphatic heterocycles. The van der Waals surface area contributed by atoms with Crippen molar-refractivity contribution in [1.29, 1.82) is 0 Å². The van der Waals surface area contributed by atoms with Crippen LogP contribution >= 0.6 is 0 Å². The van der Waals surface area contributed by atoms with Crippen LogP contribution in [0.1, 0.15) is 39.5 Å². The fraction of sp³-hybridized carbons (Fsp3) is 0.857.